The Bertz CT molecular complexity index is 914. The molecule has 0 aliphatic rings. The minimum Gasteiger partial charge on any atom is -0.354 e. The van der Waals surface area contributed by atoms with Crippen LogP contribution in [0.15, 0.2) is 60.9 Å². The average molecular weight is 382 g/mol. The van der Waals surface area contributed by atoms with Gasteiger partial charge in [-0.05, 0) is 42.2 Å². The maximum absolute atomic E-state index is 13.6. The first-order valence-corrected chi connectivity index (χ1v) is 8.94. The first-order valence-electron chi connectivity index (χ1n) is 8.94. The molecule has 0 unspecified atom stereocenters. The van der Waals surface area contributed by atoms with E-state index < -0.39 is 0 Å². The molecule has 1 heterocycles. The molecule has 0 fully saturated rings. The van der Waals surface area contributed by atoms with Crippen LogP contribution >= 0.6 is 0 Å². The van der Waals surface area contributed by atoms with Crippen molar-refractivity contribution >= 4 is 11.9 Å². The highest BCUT2D eigenvalue weighted by molar-refractivity contribution is 5.93. The molecule has 2 aromatic carbocycles. The van der Waals surface area contributed by atoms with Crippen molar-refractivity contribution in [3.8, 4) is 0 Å². The first kappa shape index (κ1) is 19.4. The maximum Gasteiger partial charge on any atom is 0.254 e. The Morgan fingerprint density at radius 3 is 2.32 bits per heavy atom. The molecule has 2 N–H and O–H groups in total. The lowest BCUT2D eigenvalue weighted by atomic mass is 10.1. The molecule has 0 aliphatic carbocycles. The number of carbonyl (C=O) groups is 1. The van der Waals surface area contributed by atoms with Crippen molar-refractivity contribution in [1.82, 2.24) is 15.3 Å². The van der Waals surface area contributed by atoms with Crippen molar-refractivity contribution in [2.45, 2.75) is 12.8 Å². The molecule has 0 bridgehead atoms. The van der Waals surface area contributed by atoms with Crippen molar-refractivity contribution in [2.75, 3.05) is 18.4 Å². The summed E-state index contributed by atoms with van der Waals surface area (Å²) in [5.74, 6) is -0.446. The third-order valence-corrected chi connectivity index (χ3v) is 4.16. The average Bonchev–Trinajstić information content (AvgIpc) is 2.71. The SMILES string of the molecule is O=C(NCCc1ccccc1F)c1cnc(NCCc2ccc(F)cc2)nc1. The highest BCUT2D eigenvalue weighted by atomic mass is 19.1. The van der Waals surface area contributed by atoms with Gasteiger partial charge in [0, 0.05) is 25.5 Å². The molecule has 0 atom stereocenters. The van der Waals surface area contributed by atoms with Gasteiger partial charge < -0.3 is 10.6 Å². The van der Waals surface area contributed by atoms with Gasteiger partial charge in [0.05, 0.1) is 5.56 Å². The molecule has 0 radical (unpaired) electrons. The highest BCUT2D eigenvalue weighted by Gasteiger charge is 2.08. The zero-order valence-corrected chi connectivity index (χ0v) is 15.2. The van der Waals surface area contributed by atoms with Crippen molar-refractivity contribution in [2.24, 2.45) is 0 Å². The van der Waals surface area contributed by atoms with E-state index in [0.29, 0.717) is 43.0 Å². The van der Waals surface area contributed by atoms with Crippen LogP contribution in [0.3, 0.4) is 0 Å². The van der Waals surface area contributed by atoms with Crippen LogP contribution in [0.5, 0.6) is 0 Å². The molecule has 3 aromatic rings. The molecule has 144 valence electrons. The normalized spacial score (nSPS) is 10.5. The lowest BCUT2D eigenvalue weighted by molar-refractivity contribution is 0.0953. The molecule has 0 spiro atoms. The molecule has 5 nitrogen and oxygen atoms in total. The van der Waals surface area contributed by atoms with Gasteiger partial charge in [0.25, 0.3) is 5.91 Å². The summed E-state index contributed by atoms with van der Waals surface area (Å²) < 4.78 is 26.4. The van der Waals surface area contributed by atoms with Crippen LogP contribution in [0.4, 0.5) is 14.7 Å². The van der Waals surface area contributed by atoms with E-state index in [9.17, 15) is 13.6 Å². The van der Waals surface area contributed by atoms with Crippen molar-refractivity contribution in [1.29, 1.82) is 0 Å². The van der Waals surface area contributed by atoms with Gasteiger partial charge in [-0.3, -0.25) is 4.79 Å². The molecular weight excluding hydrogens is 362 g/mol. The zero-order valence-electron chi connectivity index (χ0n) is 15.2. The van der Waals surface area contributed by atoms with E-state index in [1.54, 1.807) is 30.3 Å². The standard InChI is InChI=1S/C21H20F2N4O/c22-18-7-5-15(6-8-18)9-11-25-21-26-13-17(14-27-21)20(28)24-12-10-16-3-1-2-4-19(16)23/h1-8,13-14H,9-12H2,(H,24,28)(H,25,26,27). The first-order chi connectivity index (χ1) is 13.6. The lowest BCUT2D eigenvalue weighted by Crippen LogP contribution is -2.26. The molecule has 0 aliphatic heterocycles. The largest absolute Gasteiger partial charge is 0.354 e. The van der Waals surface area contributed by atoms with Crippen LogP contribution in [0.2, 0.25) is 0 Å². The summed E-state index contributed by atoms with van der Waals surface area (Å²) in [7, 11) is 0. The number of benzene rings is 2. The van der Waals surface area contributed by atoms with E-state index in [-0.39, 0.29) is 17.5 Å². The minimum absolute atomic E-state index is 0.261. The summed E-state index contributed by atoms with van der Waals surface area (Å²) in [6, 6.07) is 12.8. The molecule has 3 rings (SSSR count). The predicted molar refractivity (Wildman–Crippen MR) is 103 cm³/mol. The van der Waals surface area contributed by atoms with E-state index >= 15 is 0 Å². The molecule has 0 saturated carbocycles. The second-order valence-electron chi connectivity index (χ2n) is 6.20. The van der Waals surface area contributed by atoms with Gasteiger partial charge >= 0.3 is 0 Å². The Hall–Kier alpha value is -3.35. The fourth-order valence-corrected chi connectivity index (χ4v) is 2.62. The van der Waals surface area contributed by atoms with E-state index in [2.05, 4.69) is 20.6 Å². The second-order valence-corrected chi connectivity index (χ2v) is 6.20. The summed E-state index contributed by atoms with van der Waals surface area (Å²) in [5, 5.41) is 5.78. The Morgan fingerprint density at radius 2 is 1.61 bits per heavy atom. The number of rotatable bonds is 8. The van der Waals surface area contributed by atoms with Crippen molar-refractivity contribution in [3.63, 3.8) is 0 Å². The maximum atomic E-state index is 13.6. The Kier molecular flexibility index (Phi) is 6.62. The van der Waals surface area contributed by atoms with Crippen molar-refractivity contribution < 1.29 is 13.6 Å². The fourth-order valence-electron chi connectivity index (χ4n) is 2.62. The quantitative estimate of drug-likeness (QED) is 0.627. The predicted octanol–water partition coefficient (Wildman–Crippen LogP) is 3.38. The molecule has 7 heteroatoms. The molecule has 1 amide bonds. The van der Waals surface area contributed by atoms with Crippen molar-refractivity contribution in [3.05, 3.63) is 89.2 Å². The van der Waals surface area contributed by atoms with Crippen LogP contribution in [0, 0.1) is 11.6 Å². The molecule has 28 heavy (non-hydrogen) atoms. The minimum atomic E-state index is -0.311. The summed E-state index contributed by atoms with van der Waals surface area (Å²) in [6.45, 7) is 0.900. The van der Waals surface area contributed by atoms with Gasteiger partial charge in [-0.1, -0.05) is 30.3 Å². The second kappa shape index (κ2) is 9.55. The highest BCUT2D eigenvalue weighted by Crippen LogP contribution is 2.07. The topological polar surface area (TPSA) is 66.9 Å². The monoisotopic (exact) mass is 382 g/mol. The third-order valence-electron chi connectivity index (χ3n) is 4.16. The van der Waals surface area contributed by atoms with Gasteiger partial charge in [-0.15, -0.1) is 0 Å². The van der Waals surface area contributed by atoms with Crippen LogP contribution in [-0.2, 0) is 12.8 Å². The number of nitrogens with zero attached hydrogens (tertiary/aromatic N) is 2. The van der Waals surface area contributed by atoms with E-state index in [1.807, 2.05) is 0 Å². The van der Waals surface area contributed by atoms with Crippen LogP contribution in [-0.4, -0.2) is 29.0 Å². The smallest absolute Gasteiger partial charge is 0.254 e. The third kappa shape index (κ3) is 5.57. The Labute approximate surface area is 161 Å². The summed E-state index contributed by atoms with van der Waals surface area (Å²) >= 11 is 0. The number of aromatic nitrogens is 2. The summed E-state index contributed by atoms with van der Waals surface area (Å²) in [6.07, 6.45) is 3.97. The number of hydrogen-bond donors (Lipinski definition) is 2. The number of carbonyl (C=O) groups excluding carboxylic acids is 1. The molecule has 0 saturated heterocycles. The van der Waals surface area contributed by atoms with Gasteiger partial charge in [-0.2, -0.15) is 0 Å². The van der Waals surface area contributed by atoms with Gasteiger partial charge in [0.1, 0.15) is 11.6 Å². The lowest BCUT2D eigenvalue weighted by Gasteiger charge is -2.07. The van der Waals surface area contributed by atoms with Crippen LogP contribution in [0.25, 0.3) is 0 Å². The Balaban J connectivity index is 1.43. The number of halogens is 2. The molecular formula is C21H20F2N4O. The van der Waals surface area contributed by atoms with Gasteiger partial charge in [0.15, 0.2) is 0 Å². The van der Waals surface area contributed by atoms with E-state index in [1.165, 1.54) is 30.6 Å². The van der Waals surface area contributed by atoms with Gasteiger partial charge in [0.2, 0.25) is 5.95 Å². The number of nitrogens with one attached hydrogen (secondary N) is 2. The zero-order chi connectivity index (χ0) is 19.8. The molecule has 1 aromatic heterocycles. The number of amides is 1. The fraction of sp³-hybridized carbons (Fsp3) is 0.190. The van der Waals surface area contributed by atoms with E-state index in [0.717, 1.165) is 5.56 Å². The van der Waals surface area contributed by atoms with Gasteiger partial charge in [-0.25, -0.2) is 18.7 Å². The summed E-state index contributed by atoms with van der Waals surface area (Å²) in [5.41, 5.74) is 1.89. The van der Waals surface area contributed by atoms with E-state index in [4.69, 9.17) is 0 Å². The Morgan fingerprint density at radius 1 is 0.893 bits per heavy atom. The van der Waals surface area contributed by atoms with Crippen LogP contribution < -0.4 is 10.6 Å². The number of anilines is 1. The van der Waals surface area contributed by atoms with Crippen LogP contribution in [0.1, 0.15) is 21.5 Å². The summed E-state index contributed by atoms with van der Waals surface area (Å²) in [4.78, 5) is 20.4. The number of hydrogen-bond acceptors (Lipinski definition) is 4.